The van der Waals surface area contributed by atoms with Crippen molar-refractivity contribution < 1.29 is 19.4 Å². The van der Waals surface area contributed by atoms with Gasteiger partial charge in [-0.05, 0) is 69.9 Å². The van der Waals surface area contributed by atoms with Crippen molar-refractivity contribution in [3.8, 4) is 5.69 Å². The van der Waals surface area contributed by atoms with E-state index in [4.69, 9.17) is 4.74 Å². The van der Waals surface area contributed by atoms with Crippen LogP contribution in [0.15, 0.2) is 24.3 Å². The lowest BCUT2D eigenvalue weighted by Gasteiger charge is -2.33. The largest absolute Gasteiger partial charge is 0.481 e. The lowest BCUT2D eigenvalue weighted by atomic mass is 9.80. The first-order valence-corrected chi connectivity index (χ1v) is 9.60. The molecule has 2 aromatic rings. The van der Waals surface area contributed by atoms with Crippen LogP contribution < -0.4 is 5.32 Å². The first-order valence-electron chi connectivity index (χ1n) is 9.60. The number of amides is 1. The zero-order valence-electron chi connectivity index (χ0n) is 17.0. The Kier molecular flexibility index (Phi) is 5.61. The fourth-order valence-corrected chi connectivity index (χ4v) is 4.04. The number of carboxylic acid groups (broad SMARTS) is 1. The molecule has 1 aliphatic heterocycles. The lowest BCUT2D eigenvalue weighted by molar-refractivity contribution is -0.154. The Hall–Kier alpha value is -2.60. The van der Waals surface area contributed by atoms with E-state index in [0.717, 1.165) is 28.2 Å². The summed E-state index contributed by atoms with van der Waals surface area (Å²) in [5, 5.41) is 12.5. The standard InChI is InChI=1S/C22H28N2O4/c1-14-9-15(2)11-18(10-14)24-16(3)12-19(17(24)4)20(25)23-13-22(21(26)27)5-7-28-8-6-22/h9-12H,5-8,13H2,1-4H3,(H,23,25)(H,26,27). The van der Waals surface area contributed by atoms with Gasteiger partial charge >= 0.3 is 5.97 Å². The summed E-state index contributed by atoms with van der Waals surface area (Å²) in [5.41, 5.74) is 4.78. The quantitative estimate of drug-likeness (QED) is 0.829. The molecular weight excluding hydrogens is 356 g/mol. The Morgan fingerprint density at radius 2 is 1.68 bits per heavy atom. The van der Waals surface area contributed by atoms with E-state index in [2.05, 4.69) is 41.9 Å². The highest BCUT2D eigenvalue weighted by Crippen LogP contribution is 2.30. The molecule has 0 saturated carbocycles. The first kappa shape index (κ1) is 20.1. The Labute approximate surface area is 165 Å². The van der Waals surface area contributed by atoms with E-state index >= 15 is 0 Å². The molecule has 6 nitrogen and oxygen atoms in total. The summed E-state index contributed by atoms with van der Waals surface area (Å²) in [6.07, 6.45) is 0.814. The van der Waals surface area contributed by atoms with Crippen LogP contribution in [0.5, 0.6) is 0 Å². The molecule has 0 bridgehead atoms. The van der Waals surface area contributed by atoms with Crippen LogP contribution in [0, 0.1) is 33.1 Å². The highest BCUT2D eigenvalue weighted by Gasteiger charge is 2.40. The van der Waals surface area contributed by atoms with Crippen LogP contribution in [0.3, 0.4) is 0 Å². The molecule has 0 spiro atoms. The minimum absolute atomic E-state index is 0.109. The molecule has 1 aromatic heterocycles. The molecule has 0 atom stereocenters. The van der Waals surface area contributed by atoms with Crippen LogP contribution >= 0.6 is 0 Å². The van der Waals surface area contributed by atoms with Gasteiger partial charge in [-0.25, -0.2) is 0 Å². The number of aromatic nitrogens is 1. The number of hydrogen-bond donors (Lipinski definition) is 2. The van der Waals surface area contributed by atoms with Gasteiger partial charge in [0.05, 0.1) is 11.0 Å². The van der Waals surface area contributed by atoms with Crippen molar-refractivity contribution in [2.45, 2.75) is 40.5 Å². The minimum atomic E-state index is -0.951. The molecule has 1 amide bonds. The van der Waals surface area contributed by atoms with Crippen molar-refractivity contribution in [2.75, 3.05) is 19.8 Å². The lowest BCUT2D eigenvalue weighted by Crippen LogP contribution is -2.46. The molecule has 1 aromatic carbocycles. The number of ether oxygens (including phenoxy) is 1. The molecule has 6 heteroatoms. The normalized spacial score (nSPS) is 16.0. The van der Waals surface area contributed by atoms with Crippen molar-refractivity contribution in [2.24, 2.45) is 5.41 Å². The third kappa shape index (κ3) is 3.83. The van der Waals surface area contributed by atoms with Gasteiger partial charge in [0.1, 0.15) is 0 Å². The Morgan fingerprint density at radius 3 is 2.25 bits per heavy atom. The predicted octanol–water partition coefficient (Wildman–Crippen LogP) is 3.32. The fraction of sp³-hybridized carbons (Fsp3) is 0.455. The zero-order chi connectivity index (χ0) is 20.5. The average molecular weight is 384 g/mol. The summed E-state index contributed by atoms with van der Waals surface area (Å²) in [5.74, 6) is -1.12. The van der Waals surface area contributed by atoms with Gasteiger partial charge in [-0.15, -0.1) is 0 Å². The van der Waals surface area contributed by atoms with Crippen molar-refractivity contribution in [3.63, 3.8) is 0 Å². The SMILES string of the molecule is Cc1cc(C)cc(-n2c(C)cc(C(=O)NCC3(C(=O)O)CCOCC3)c2C)c1. The Bertz CT molecular complexity index is 887. The third-order valence-electron chi connectivity index (χ3n) is 5.63. The zero-order valence-corrected chi connectivity index (χ0v) is 17.0. The van der Waals surface area contributed by atoms with E-state index in [1.807, 2.05) is 19.9 Å². The Balaban J connectivity index is 1.84. The number of hydrogen-bond acceptors (Lipinski definition) is 3. The van der Waals surface area contributed by atoms with Crippen LogP contribution in [0.25, 0.3) is 5.69 Å². The molecule has 1 fully saturated rings. The van der Waals surface area contributed by atoms with Gasteiger partial charge in [-0.2, -0.15) is 0 Å². The maximum absolute atomic E-state index is 12.9. The van der Waals surface area contributed by atoms with Crippen molar-refractivity contribution in [1.82, 2.24) is 9.88 Å². The number of carbonyl (C=O) groups excluding carboxylic acids is 1. The van der Waals surface area contributed by atoms with Gasteiger partial charge in [0.25, 0.3) is 5.91 Å². The number of nitrogens with one attached hydrogen (secondary N) is 1. The predicted molar refractivity (Wildman–Crippen MR) is 107 cm³/mol. The molecule has 0 unspecified atom stereocenters. The molecule has 150 valence electrons. The molecule has 3 rings (SSSR count). The average Bonchev–Trinajstić information content (AvgIpc) is 2.94. The van der Waals surface area contributed by atoms with E-state index in [1.165, 1.54) is 0 Å². The maximum atomic E-state index is 12.9. The molecule has 0 aliphatic carbocycles. The van der Waals surface area contributed by atoms with E-state index in [1.54, 1.807) is 0 Å². The van der Waals surface area contributed by atoms with Crippen LogP contribution in [0.1, 0.15) is 45.7 Å². The molecule has 1 aliphatic rings. The number of nitrogens with zero attached hydrogens (tertiary/aromatic N) is 1. The number of carbonyl (C=O) groups is 2. The van der Waals surface area contributed by atoms with Crippen molar-refractivity contribution in [3.05, 3.63) is 52.3 Å². The van der Waals surface area contributed by atoms with E-state index in [0.29, 0.717) is 31.6 Å². The minimum Gasteiger partial charge on any atom is -0.481 e. The topological polar surface area (TPSA) is 80.6 Å². The fourth-order valence-electron chi connectivity index (χ4n) is 4.04. The molecule has 1 saturated heterocycles. The van der Waals surface area contributed by atoms with Crippen LogP contribution in [0.4, 0.5) is 0 Å². The van der Waals surface area contributed by atoms with Crippen molar-refractivity contribution in [1.29, 1.82) is 0 Å². The second-order valence-electron chi connectivity index (χ2n) is 7.85. The number of aryl methyl sites for hydroxylation is 3. The van der Waals surface area contributed by atoms with Gasteiger partial charge in [0.2, 0.25) is 0 Å². The number of carboxylic acids is 1. The highest BCUT2D eigenvalue weighted by molar-refractivity contribution is 5.96. The summed E-state index contributed by atoms with van der Waals surface area (Å²) in [4.78, 5) is 24.6. The molecule has 2 N–H and O–H groups in total. The summed E-state index contributed by atoms with van der Waals surface area (Å²) in [6.45, 7) is 8.92. The third-order valence-corrected chi connectivity index (χ3v) is 5.63. The van der Waals surface area contributed by atoms with Crippen LogP contribution in [0.2, 0.25) is 0 Å². The van der Waals surface area contributed by atoms with Crippen LogP contribution in [-0.4, -0.2) is 41.3 Å². The number of aliphatic carboxylic acids is 1. The molecule has 2 heterocycles. The highest BCUT2D eigenvalue weighted by atomic mass is 16.5. The second kappa shape index (κ2) is 7.80. The first-order chi connectivity index (χ1) is 13.2. The summed E-state index contributed by atoms with van der Waals surface area (Å²) < 4.78 is 7.36. The van der Waals surface area contributed by atoms with E-state index < -0.39 is 11.4 Å². The monoisotopic (exact) mass is 384 g/mol. The van der Waals surface area contributed by atoms with E-state index in [9.17, 15) is 14.7 Å². The summed E-state index contributed by atoms with van der Waals surface area (Å²) in [6, 6.07) is 8.16. The molecule has 28 heavy (non-hydrogen) atoms. The van der Waals surface area contributed by atoms with Crippen LogP contribution in [-0.2, 0) is 9.53 Å². The van der Waals surface area contributed by atoms with Gasteiger partial charge in [-0.3, -0.25) is 9.59 Å². The Morgan fingerprint density at radius 1 is 1.07 bits per heavy atom. The number of rotatable bonds is 5. The van der Waals surface area contributed by atoms with Gasteiger partial charge in [-0.1, -0.05) is 6.07 Å². The van der Waals surface area contributed by atoms with Gasteiger partial charge in [0, 0.05) is 36.8 Å². The van der Waals surface area contributed by atoms with Gasteiger partial charge < -0.3 is 19.7 Å². The molecular formula is C22H28N2O4. The maximum Gasteiger partial charge on any atom is 0.311 e. The number of benzene rings is 1. The molecule has 0 radical (unpaired) electrons. The summed E-state index contributed by atoms with van der Waals surface area (Å²) >= 11 is 0. The summed E-state index contributed by atoms with van der Waals surface area (Å²) in [7, 11) is 0. The second-order valence-corrected chi connectivity index (χ2v) is 7.85. The smallest absolute Gasteiger partial charge is 0.311 e. The van der Waals surface area contributed by atoms with Gasteiger partial charge in [0.15, 0.2) is 0 Å². The van der Waals surface area contributed by atoms with Crippen molar-refractivity contribution >= 4 is 11.9 Å². The van der Waals surface area contributed by atoms with E-state index in [-0.39, 0.29) is 12.5 Å².